The van der Waals surface area contributed by atoms with Gasteiger partial charge in [0, 0.05) is 37.1 Å². The van der Waals surface area contributed by atoms with Gasteiger partial charge in [0.15, 0.2) is 0 Å². The van der Waals surface area contributed by atoms with Crippen molar-refractivity contribution >= 4 is 25.6 Å². The van der Waals surface area contributed by atoms with E-state index in [0.717, 1.165) is 6.42 Å². The second-order valence-electron chi connectivity index (χ2n) is 4.96. The van der Waals surface area contributed by atoms with Gasteiger partial charge in [0.25, 0.3) is 15.0 Å². The minimum Gasteiger partial charge on any atom is -0.384 e. The Morgan fingerprint density at radius 2 is 2.19 bits per heavy atom. The number of rotatable bonds is 8. The Bertz CT molecular complexity index is 583. The van der Waals surface area contributed by atoms with Crippen molar-refractivity contribution in [1.29, 1.82) is 0 Å². The minimum absolute atomic E-state index is 0.0623. The van der Waals surface area contributed by atoms with E-state index < -0.39 is 9.05 Å². The number of carbonyl (C=O) groups excluding carboxylic acids is 1. The molecule has 120 valence electrons. The van der Waals surface area contributed by atoms with Crippen LogP contribution in [-0.2, 0) is 20.3 Å². The van der Waals surface area contributed by atoms with E-state index in [1.165, 1.54) is 12.3 Å². The number of nitrogens with zero attached hydrogens (tertiary/aromatic N) is 1. The van der Waals surface area contributed by atoms with Crippen LogP contribution in [0.15, 0.2) is 17.2 Å². The van der Waals surface area contributed by atoms with Crippen molar-refractivity contribution in [2.45, 2.75) is 31.7 Å². The molecule has 1 aromatic heterocycles. The van der Waals surface area contributed by atoms with E-state index in [0.29, 0.717) is 25.4 Å². The van der Waals surface area contributed by atoms with Gasteiger partial charge in [0.1, 0.15) is 10.6 Å². The second-order valence-corrected chi connectivity index (χ2v) is 7.53. The molecule has 1 unspecified atom stereocenters. The maximum absolute atomic E-state index is 12.2. The number of hydrogen-bond acceptors (Lipinski definition) is 4. The fraction of sp³-hybridized carbons (Fsp3) is 0.615. The Balaban J connectivity index is 2.89. The first-order chi connectivity index (χ1) is 9.79. The lowest BCUT2D eigenvalue weighted by Gasteiger charge is -2.12. The molecule has 1 N–H and O–H groups in total. The van der Waals surface area contributed by atoms with Crippen LogP contribution < -0.4 is 5.32 Å². The standard InChI is InChI=1S/C13H21ClN2O4S/c1-4-5-16-8-11(21(14,18)19)6-12(16)13(17)15-7-10(2)9-20-3/h6,8,10H,4-5,7,9H2,1-3H3,(H,15,17). The molecule has 0 bridgehead atoms. The zero-order chi connectivity index (χ0) is 16.0. The van der Waals surface area contributed by atoms with Crippen LogP contribution in [0.25, 0.3) is 0 Å². The van der Waals surface area contributed by atoms with Gasteiger partial charge >= 0.3 is 0 Å². The first-order valence-electron chi connectivity index (χ1n) is 6.71. The van der Waals surface area contributed by atoms with Crippen LogP contribution in [0, 0.1) is 5.92 Å². The summed E-state index contributed by atoms with van der Waals surface area (Å²) in [5.41, 5.74) is 0.292. The van der Waals surface area contributed by atoms with E-state index in [1.807, 2.05) is 13.8 Å². The van der Waals surface area contributed by atoms with Crippen LogP contribution in [0.5, 0.6) is 0 Å². The summed E-state index contributed by atoms with van der Waals surface area (Å²) >= 11 is 0. The third-order valence-corrected chi connectivity index (χ3v) is 4.23. The lowest BCUT2D eigenvalue weighted by Crippen LogP contribution is -2.31. The number of carbonyl (C=O) groups is 1. The summed E-state index contributed by atoms with van der Waals surface area (Å²) in [5.74, 6) is -0.150. The van der Waals surface area contributed by atoms with Crippen LogP contribution in [-0.4, -0.2) is 39.2 Å². The van der Waals surface area contributed by atoms with Crippen LogP contribution in [0.1, 0.15) is 30.8 Å². The quantitative estimate of drug-likeness (QED) is 0.735. The normalized spacial score (nSPS) is 13.1. The lowest BCUT2D eigenvalue weighted by molar-refractivity contribution is 0.0924. The molecule has 0 aliphatic carbocycles. The third kappa shape index (κ3) is 5.33. The van der Waals surface area contributed by atoms with Crippen molar-refractivity contribution in [3.05, 3.63) is 18.0 Å². The van der Waals surface area contributed by atoms with Gasteiger partial charge in [0.2, 0.25) is 0 Å². The van der Waals surface area contributed by atoms with Crippen LogP contribution in [0.3, 0.4) is 0 Å². The molecule has 21 heavy (non-hydrogen) atoms. The van der Waals surface area contributed by atoms with E-state index >= 15 is 0 Å². The summed E-state index contributed by atoms with van der Waals surface area (Å²) in [6.45, 7) is 5.42. The average molecular weight is 337 g/mol. The molecule has 0 aromatic carbocycles. The molecule has 1 atom stereocenters. The number of ether oxygens (including phenoxy) is 1. The zero-order valence-corrected chi connectivity index (χ0v) is 14.0. The third-order valence-electron chi connectivity index (χ3n) is 2.91. The number of halogens is 1. The average Bonchev–Trinajstić information content (AvgIpc) is 2.81. The summed E-state index contributed by atoms with van der Waals surface area (Å²) < 4.78 is 29.4. The second kappa shape index (κ2) is 7.82. The Labute approximate surface area is 129 Å². The van der Waals surface area contributed by atoms with Crippen LogP contribution >= 0.6 is 10.7 Å². The number of aromatic nitrogens is 1. The number of amides is 1. The van der Waals surface area contributed by atoms with Crippen molar-refractivity contribution in [1.82, 2.24) is 9.88 Å². The van der Waals surface area contributed by atoms with E-state index in [2.05, 4.69) is 5.32 Å². The smallest absolute Gasteiger partial charge is 0.267 e. The molecule has 1 rings (SSSR count). The van der Waals surface area contributed by atoms with Gasteiger partial charge in [-0.15, -0.1) is 0 Å². The van der Waals surface area contributed by atoms with E-state index in [-0.39, 0.29) is 16.7 Å². The monoisotopic (exact) mass is 336 g/mol. The molecule has 1 aromatic rings. The summed E-state index contributed by atoms with van der Waals surface area (Å²) in [4.78, 5) is 12.1. The molecule has 8 heteroatoms. The summed E-state index contributed by atoms with van der Waals surface area (Å²) in [6.07, 6.45) is 2.16. The SMILES string of the molecule is CCCn1cc(S(=O)(=O)Cl)cc1C(=O)NCC(C)COC. The first kappa shape index (κ1) is 18.0. The number of aryl methyl sites for hydroxylation is 1. The molecule has 0 saturated carbocycles. The molecule has 0 aliphatic heterocycles. The van der Waals surface area contributed by atoms with E-state index in [9.17, 15) is 13.2 Å². The van der Waals surface area contributed by atoms with Crippen LogP contribution in [0.2, 0.25) is 0 Å². The molecule has 0 saturated heterocycles. The topological polar surface area (TPSA) is 77.4 Å². The Kier molecular flexibility index (Phi) is 6.70. The maximum atomic E-state index is 12.2. The minimum atomic E-state index is -3.84. The Morgan fingerprint density at radius 3 is 2.71 bits per heavy atom. The van der Waals surface area contributed by atoms with Gasteiger partial charge in [0.05, 0.1) is 6.61 Å². The van der Waals surface area contributed by atoms with Crippen molar-refractivity contribution in [3.8, 4) is 0 Å². The fourth-order valence-electron chi connectivity index (χ4n) is 1.93. The van der Waals surface area contributed by atoms with Gasteiger partial charge < -0.3 is 14.6 Å². The molecule has 0 fully saturated rings. The Morgan fingerprint density at radius 1 is 1.52 bits per heavy atom. The fourth-order valence-corrected chi connectivity index (χ4v) is 2.69. The van der Waals surface area contributed by atoms with Crippen molar-refractivity contribution < 1.29 is 17.9 Å². The lowest BCUT2D eigenvalue weighted by atomic mass is 10.2. The predicted molar refractivity (Wildman–Crippen MR) is 81.1 cm³/mol. The summed E-state index contributed by atoms with van der Waals surface area (Å²) in [6, 6.07) is 1.30. The molecule has 0 spiro atoms. The van der Waals surface area contributed by atoms with Crippen molar-refractivity contribution in [2.24, 2.45) is 5.92 Å². The highest BCUT2D eigenvalue weighted by atomic mass is 35.7. The highest BCUT2D eigenvalue weighted by molar-refractivity contribution is 8.13. The number of methoxy groups -OCH3 is 1. The van der Waals surface area contributed by atoms with E-state index in [4.69, 9.17) is 15.4 Å². The van der Waals surface area contributed by atoms with Gasteiger partial charge in [-0.25, -0.2) is 8.42 Å². The van der Waals surface area contributed by atoms with E-state index in [1.54, 1.807) is 11.7 Å². The maximum Gasteiger partial charge on any atom is 0.267 e. The summed E-state index contributed by atoms with van der Waals surface area (Å²) in [5, 5.41) is 2.77. The van der Waals surface area contributed by atoms with Crippen molar-refractivity contribution in [2.75, 3.05) is 20.3 Å². The zero-order valence-electron chi connectivity index (χ0n) is 12.4. The molecular formula is C13H21ClN2O4S. The molecule has 6 nitrogen and oxygen atoms in total. The molecule has 0 aliphatic rings. The number of hydrogen-bond donors (Lipinski definition) is 1. The molecular weight excluding hydrogens is 316 g/mol. The van der Waals surface area contributed by atoms with Gasteiger partial charge in [-0.3, -0.25) is 4.79 Å². The largest absolute Gasteiger partial charge is 0.384 e. The van der Waals surface area contributed by atoms with Gasteiger partial charge in [-0.1, -0.05) is 13.8 Å². The highest BCUT2D eigenvalue weighted by Crippen LogP contribution is 2.19. The van der Waals surface area contributed by atoms with Crippen molar-refractivity contribution in [3.63, 3.8) is 0 Å². The first-order valence-corrected chi connectivity index (χ1v) is 9.02. The number of nitrogens with one attached hydrogen (secondary N) is 1. The van der Waals surface area contributed by atoms with Gasteiger partial charge in [-0.2, -0.15) is 0 Å². The molecule has 0 radical (unpaired) electrons. The predicted octanol–water partition coefficient (Wildman–Crippen LogP) is 1.84. The molecule has 1 amide bonds. The molecule has 1 heterocycles. The van der Waals surface area contributed by atoms with Crippen LogP contribution in [0.4, 0.5) is 0 Å². The van der Waals surface area contributed by atoms with Gasteiger partial charge in [-0.05, 0) is 18.4 Å². The Hall–Kier alpha value is -1.05. The summed E-state index contributed by atoms with van der Waals surface area (Å²) in [7, 11) is 3.08. The highest BCUT2D eigenvalue weighted by Gasteiger charge is 2.19.